The first-order valence-electron chi connectivity index (χ1n) is 5.32. The van der Waals surface area contributed by atoms with Gasteiger partial charge in [0.05, 0.1) is 11.8 Å². The Kier molecular flexibility index (Phi) is 2.35. The highest BCUT2D eigenvalue weighted by Crippen LogP contribution is 2.39. The van der Waals surface area contributed by atoms with E-state index in [9.17, 15) is 5.11 Å². The predicted octanol–water partition coefficient (Wildman–Crippen LogP) is 1.82. The molecule has 0 aromatic carbocycles. The summed E-state index contributed by atoms with van der Waals surface area (Å²) in [6.45, 7) is 2.21. The van der Waals surface area contributed by atoms with Crippen LogP contribution in [0.25, 0.3) is 0 Å². The van der Waals surface area contributed by atoms with Gasteiger partial charge in [0.15, 0.2) is 0 Å². The molecule has 1 aliphatic carbocycles. The second-order valence-electron chi connectivity index (χ2n) is 4.64. The summed E-state index contributed by atoms with van der Waals surface area (Å²) in [6, 6.07) is 0. The summed E-state index contributed by atoms with van der Waals surface area (Å²) in [4.78, 5) is 0. The molecule has 1 heterocycles. The number of nitrogens with zero attached hydrogens (tertiary/aromatic N) is 2. The fraction of sp³-hybridized carbons (Fsp3) is 0.727. The van der Waals surface area contributed by atoms with Crippen molar-refractivity contribution in [3.05, 3.63) is 18.0 Å². The minimum atomic E-state index is -0.619. The molecule has 0 spiro atoms. The Bertz CT molecular complexity index is 321. The number of aliphatic hydroxyl groups is 1. The van der Waals surface area contributed by atoms with Crippen LogP contribution in [0.15, 0.2) is 12.4 Å². The highest BCUT2D eigenvalue weighted by atomic mass is 16.3. The molecule has 3 heteroatoms. The van der Waals surface area contributed by atoms with E-state index in [-0.39, 0.29) is 0 Å². The molecule has 1 aromatic heterocycles. The van der Waals surface area contributed by atoms with Crippen LogP contribution in [-0.2, 0) is 12.6 Å². The van der Waals surface area contributed by atoms with E-state index in [1.165, 1.54) is 6.42 Å². The predicted molar refractivity (Wildman–Crippen MR) is 54.7 cm³/mol. The zero-order chi connectivity index (χ0) is 10.2. The van der Waals surface area contributed by atoms with E-state index in [0.29, 0.717) is 5.92 Å². The first kappa shape index (κ1) is 9.71. The van der Waals surface area contributed by atoms with Gasteiger partial charge in [-0.05, 0) is 25.2 Å². The van der Waals surface area contributed by atoms with Crippen molar-refractivity contribution < 1.29 is 5.11 Å². The zero-order valence-corrected chi connectivity index (χ0v) is 8.90. The third-order valence-electron chi connectivity index (χ3n) is 3.22. The minimum Gasteiger partial charge on any atom is -0.385 e. The first-order chi connectivity index (χ1) is 6.60. The fourth-order valence-corrected chi connectivity index (χ4v) is 2.45. The van der Waals surface area contributed by atoms with Crippen LogP contribution in [0.3, 0.4) is 0 Å². The molecular formula is C11H18N2O. The van der Waals surface area contributed by atoms with Crippen molar-refractivity contribution in [2.75, 3.05) is 0 Å². The monoisotopic (exact) mass is 194 g/mol. The van der Waals surface area contributed by atoms with E-state index < -0.39 is 5.60 Å². The molecule has 3 nitrogen and oxygen atoms in total. The Hall–Kier alpha value is -0.830. The van der Waals surface area contributed by atoms with Crippen LogP contribution in [0.5, 0.6) is 0 Å². The largest absolute Gasteiger partial charge is 0.385 e. The van der Waals surface area contributed by atoms with Crippen molar-refractivity contribution in [3.63, 3.8) is 0 Å². The van der Waals surface area contributed by atoms with E-state index in [1.807, 2.05) is 13.2 Å². The lowest BCUT2D eigenvalue weighted by Gasteiger charge is -2.34. The van der Waals surface area contributed by atoms with Crippen molar-refractivity contribution in [1.29, 1.82) is 0 Å². The maximum atomic E-state index is 10.5. The standard InChI is InChI=1S/C11H18N2O/c1-9-4-3-5-11(14,6-9)10-7-12-13(2)8-10/h7-9,14H,3-6H2,1-2H3. The van der Waals surface area contributed by atoms with Gasteiger partial charge in [-0.25, -0.2) is 0 Å². The van der Waals surface area contributed by atoms with E-state index in [2.05, 4.69) is 12.0 Å². The summed E-state index contributed by atoms with van der Waals surface area (Å²) in [5, 5.41) is 14.6. The highest BCUT2D eigenvalue weighted by Gasteiger charge is 2.35. The third-order valence-corrected chi connectivity index (χ3v) is 3.22. The van der Waals surface area contributed by atoms with Gasteiger partial charge in [-0.1, -0.05) is 13.3 Å². The molecule has 0 radical (unpaired) electrons. The van der Waals surface area contributed by atoms with E-state index in [0.717, 1.165) is 24.8 Å². The van der Waals surface area contributed by atoms with Gasteiger partial charge in [0.1, 0.15) is 0 Å². The lowest BCUT2D eigenvalue weighted by molar-refractivity contribution is -0.0179. The van der Waals surface area contributed by atoms with Gasteiger partial charge in [0, 0.05) is 18.8 Å². The Labute approximate surface area is 84.7 Å². The van der Waals surface area contributed by atoms with Crippen LogP contribution in [0.2, 0.25) is 0 Å². The van der Waals surface area contributed by atoms with Gasteiger partial charge in [0.2, 0.25) is 0 Å². The lowest BCUT2D eigenvalue weighted by Crippen LogP contribution is -2.31. The van der Waals surface area contributed by atoms with Gasteiger partial charge >= 0.3 is 0 Å². The molecule has 0 aliphatic heterocycles. The van der Waals surface area contributed by atoms with Crippen LogP contribution >= 0.6 is 0 Å². The van der Waals surface area contributed by atoms with Crippen LogP contribution in [0, 0.1) is 5.92 Å². The quantitative estimate of drug-likeness (QED) is 0.740. The lowest BCUT2D eigenvalue weighted by atomic mass is 9.76. The first-order valence-corrected chi connectivity index (χ1v) is 5.32. The Morgan fingerprint density at radius 2 is 2.43 bits per heavy atom. The van der Waals surface area contributed by atoms with Gasteiger partial charge in [-0.3, -0.25) is 4.68 Å². The average molecular weight is 194 g/mol. The molecule has 1 N–H and O–H groups in total. The van der Waals surface area contributed by atoms with E-state index in [4.69, 9.17) is 0 Å². The number of hydrogen-bond donors (Lipinski definition) is 1. The molecule has 14 heavy (non-hydrogen) atoms. The van der Waals surface area contributed by atoms with Gasteiger partial charge in [-0.15, -0.1) is 0 Å². The summed E-state index contributed by atoms with van der Waals surface area (Å²) in [6.07, 6.45) is 7.83. The number of aryl methyl sites for hydroxylation is 1. The molecule has 0 bridgehead atoms. The van der Waals surface area contributed by atoms with Crippen molar-refractivity contribution in [3.8, 4) is 0 Å². The van der Waals surface area contributed by atoms with Crippen LogP contribution in [0.1, 0.15) is 38.2 Å². The van der Waals surface area contributed by atoms with E-state index >= 15 is 0 Å². The normalized spacial score (nSPS) is 33.2. The van der Waals surface area contributed by atoms with Crippen molar-refractivity contribution in [1.82, 2.24) is 9.78 Å². The third kappa shape index (κ3) is 1.69. The highest BCUT2D eigenvalue weighted by molar-refractivity contribution is 5.16. The average Bonchev–Trinajstić information content (AvgIpc) is 2.52. The second-order valence-corrected chi connectivity index (χ2v) is 4.64. The minimum absolute atomic E-state index is 0.619. The Morgan fingerprint density at radius 3 is 3.00 bits per heavy atom. The molecule has 2 rings (SSSR count). The Balaban J connectivity index is 2.22. The maximum absolute atomic E-state index is 10.5. The molecule has 1 aromatic rings. The maximum Gasteiger partial charge on any atom is 0.0929 e. The van der Waals surface area contributed by atoms with Crippen LogP contribution in [0.4, 0.5) is 0 Å². The molecular weight excluding hydrogens is 176 g/mol. The molecule has 1 saturated carbocycles. The summed E-state index contributed by atoms with van der Waals surface area (Å²) >= 11 is 0. The molecule has 0 saturated heterocycles. The molecule has 2 atom stereocenters. The number of rotatable bonds is 1. The van der Waals surface area contributed by atoms with E-state index in [1.54, 1.807) is 10.9 Å². The molecule has 0 amide bonds. The second kappa shape index (κ2) is 3.39. The van der Waals surface area contributed by atoms with Crippen molar-refractivity contribution in [2.24, 2.45) is 13.0 Å². The zero-order valence-electron chi connectivity index (χ0n) is 8.90. The summed E-state index contributed by atoms with van der Waals surface area (Å²) in [7, 11) is 1.89. The van der Waals surface area contributed by atoms with Gasteiger partial charge in [-0.2, -0.15) is 5.10 Å². The fourth-order valence-electron chi connectivity index (χ4n) is 2.45. The van der Waals surface area contributed by atoms with Crippen LogP contribution in [-0.4, -0.2) is 14.9 Å². The number of hydrogen-bond acceptors (Lipinski definition) is 2. The summed E-state index contributed by atoms with van der Waals surface area (Å²) in [5.74, 6) is 0.619. The van der Waals surface area contributed by atoms with Gasteiger partial charge < -0.3 is 5.11 Å². The summed E-state index contributed by atoms with van der Waals surface area (Å²) < 4.78 is 1.76. The van der Waals surface area contributed by atoms with Crippen molar-refractivity contribution >= 4 is 0 Å². The topological polar surface area (TPSA) is 38.1 Å². The molecule has 78 valence electrons. The van der Waals surface area contributed by atoms with Crippen LogP contribution < -0.4 is 0 Å². The smallest absolute Gasteiger partial charge is 0.0929 e. The SMILES string of the molecule is CC1CCCC(O)(c2cnn(C)c2)C1. The Morgan fingerprint density at radius 1 is 1.64 bits per heavy atom. The van der Waals surface area contributed by atoms with Crippen molar-refractivity contribution in [2.45, 2.75) is 38.2 Å². The molecule has 1 aliphatic rings. The molecule has 1 fully saturated rings. The summed E-state index contributed by atoms with van der Waals surface area (Å²) in [5.41, 5.74) is 0.359. The van der Waals surface area contributed by atoms with Gasteiger partial charge in [0.25, 0.3) is 0 Å². The molecule has 2 unspecified atom stereocenters. The number of aromatic nitrogens is 2.